The molecular weight excluding hydrogens is 272 g/mol. The van der Waals surface area contributed by atoms with Gasteiger partial charge in [0.25, 0.3) is 0 Å². The second kappa shape index (κ2) is 6.13. The fourth-order valence-electron chi connectivity index (χ4n) is 2.23. The number of aliphatic hydroxyl groups is 1. The summed E-state index contributed by atoms with van der Waals surface area (Å²) in [5.41, 5.74) is 4.26. The van der Waals surface area contributed by atoms with Crippen LogP contribution < -0.4 is 10.2 Å². The molecule has 21 heavy (non-hydrogen) atoms. The number of hydrogen-bond donors (Lipinski definition) is 3. The van der Waals surface area contributed by atoms with Crippen LogP contribution >= 0.6 is 0 Å². The average Bonchev–Trinajstić information content (AvgIpc) is 2.41. The summed E-state index contributed by atoms with van der Waals surface area (Å²) in [6.45, 7) is 5.42. The topological polar surface area (TPSA) is 91.2 Å². The summed E-state index contributed by atoms with van der Waals surface area (Å²) < 4.78 is 5.45. The van der Waals surface area contributed by atoms with Gasteiger partial charge in [0.05, 0.1) is 11.8 Å². The number of carbonyl (C=O) groups excluding carboxylic acids is 1. The molecule has 0 spiro atoms. The molecule has 3 N–H and O–H groups in total. The first-order valence-corrected chi connectivity index (χ1v) is 6.90. The van der Waals surface area contributed by atoms with Crippen LogP contribution in [0.1, 0.15) is 31.4 Å². The monoisotopic (exact) mass is 292 g/mol. The number of rotatable bonds is 4. The maximum absolute atomic E-state index is 11.3. The Labute approximate surface area is 123 Å². The van der Waals surface area contributed by atoms with Crippen molar-refractivity contribution in [3.8, 4) is 11.5 Å². The van der Waals surface area contributed by atoms with Crippen LogP contribution in [0.5, 0.6) is 11.5 Å². The normalized spacial score (nSPS) is 19.7. The number of benzene rings is 1. The number of nitrogens with zero attached hydrogens (tertiary/aromatic N) is 1. The van der Waals surface area contributed by atoms with E-state index in [0.29, 0.717) is 29.0 Å². The Bertz CT molecular complexity index is 581. The average molecular weight is 292 g/mol. The number of hydrazone groups is 1. The Morgan fingerprint density at radius 3 is 2.86 bits per heavy atom. The molecule has 6 nitrogen and oxygen atoms in total. The molecule has 0 fully saturated rings. The Morgan fingerprint density at radius 2 is 2.24 bits per heavy atom. The van der Waals surface area contributed by atoms with Gasteiger partial charge in [0.15, 0.2) is 0 Å². The minimum Gasteiger partial charge on any atom is -0.507 e. The van der Waals surface area contributed by atoms with Crippen molar-refractivity contribution >= 4 is 11.6 Å². The minimum atomic E-state index is -0.579. The Hall–Kier alpha value is -2.08. The van der Waals surface area contributed by atoms with Gasteiger partial charge in [0.2, 0.25) is 5.91 Å². The Kier molecular flexibility index (Phi) is 4.47. The third-order valence-corrected chi connectivity index (χ3v) is 3.40. The van der Waals surface area contributed by atoms with Crippen LogP contribution in [0.2, 0.25) is 0 Å². The van der Waals surface area contributed by atoms with E-state index < -0.39 is 6.10 Å². The molecule has 114 valence electrons. The molecule has 0 bridgehead atoms. The fourth-order valence-corrected chi connectivity index (χ4v) is 2.23. The van der Waals surface area contributed by atoms with Gasteiger partial charge in [-0.2, -0.15) is 5.10 Å². The van der Waals surface area contributed by atoms with Gasteiger partial charge >= 0.3 is 0 Å². The minimum absolute atomic E-state index is 0.0618. The number of phenolic OH excluding ortho intramolecular Hbond substituents is 1. The van der Waals surface area contributed by atoms with Crippen LogP contribution in [-0.2, 0) is 4.79 Å². The second-order valence-corrected chi connectivity index (χ2v) is 5.38. The Morgan fingerprint density at radius 1 is 1.52 bits per heavy atom. The van der Waals surface area contributed by atoms with Crippen molar-refractivity contribution in [2.75, 3.05) is 6.61 Å². The third kappa shape index (κ3) is 3.33. The molecule has 0 aliphatic carbocycles. The summed E-state index contributed by atoms with van der Waals surface area (Å²) >= 11 is 0. The smallest absolute Gasteiger partial charge is 0.240 e. The van der Waals surface area contributed by atoms with Crippen molar-refractivity contribution in [1.29, 1.82) is 0 Å². The zero-order chi connectivity index (χ0) is 15.6. The highest BCUT2D eigenvalue weighted by Crippen LogP contribution is 2.33. The van der Waals surface area contributed by atoms with E-state index in [1.54, 1.807) is 26.0 Å². The SMILES string of the molecule is Cc1c(OCC(C)O)ccc(C2=NNC(=O)CC2C)c1O. The van der Waals surface area contributed by atoms with E-state index >= 15 is 0 Å². The van der Waals surface area contributed by atoms with Gasteiger partial charge in [0.1, 0.15) is 18.1 Å². The van der Waals surface area contributed by atoms with E-state index in [1.807, 2.05) is 6.92 Å². The number of aromatic hydroxyl groups is 1. The van der Waals surface area contributed by atoms with Gasteiger partial charge in [-0.05, 0) is 26.0 Å². The van der Waals surface area contributed by atoms with Crippen molar-refractivity contribution in [2.24, 2.45) is 11.0 Å². The molecule has 1 aromatic rings. The number of nitrogens with one attached hydrogen (secondary N) is 1. The van der Waals surface area contributed by atoms with E-state index in [0.717, 1.165) is 0 Å². The van der Waals surface area contributed by atoms with Gasteiger partial charge in [-0.15, -0.1) is 0 Å². The van der Waals surface area contributed by atoms with Gasteiger partial charge in [-0.25, -0.2) is 5.43 Å². The van der Waals surface area contributed by atoms with E-state index in [1.165, 1.54) is 0 Å². The maximum atomic E-state index is 11.3. The summed E-state index contributed by atoms with van der Waals surface area (Å²) in [6, 6.07) is 3.45. The standard InChI is InChI=1S/C15H20N2O4/c1-8-6-13(19)16-17-14(8)11-4-5-12(10(3)15(11)20)21-7-9(2)18/h4-5,8-9,18,20H,6-7H2,1-3H3,(H,16,19). The summed E-state index contributed by atoms with van der Waals surface area (Å²) in [5, 5.41) is 23.6. The molecule has 0 aromatic heterocycles. The van der Waals surface area contributed by atoms with Gasteiger partial charge < -0.3 is 14.9 Å². The molecule has 2 atom stereocenters. The number of aliphatic hydroxyl groups excluding tert-OH is 1. The van der Waals surface area contributed by atoms with Crippen LogP contribution in [0.25, 0.3) is 0 Å². The van der Waals surface area contributed by atoms with E-state index in [4.69, 9.17) is 4.74 Å². The van der Waals surface area contributed by atoms with Gasteiger partial charge in [-0.3, -0.25) is 4.79 Å². The first-order valence-electron chi connectivity index (χ1n) is 6.90. The first-order chi connectivity index (χ1) is 9.90. The predicted molar refractivity (Wildman–Crippen MR) is 78.5 cm³/mol. The highest BCUT2D eigenvalue weighted by atomic mass is 16.5. The quantitative estimate of drug-likeness (QED) is 0.780. The molecule has 0 saturated heterocycles. The number of carbonyl (C=O) groups is 1. The molecule has 1 aliphatic rings. The molecular formula is C15H20N2O4. The van der Waals surface area contributed by atoms with Gasteiger partial charge in [-0.1, -0.05) is 6.92 Å². The van der Waals surface area contributed by atoms with Crippen molar-refractivity contribution in [3.63, 3.8) is 0 Å². The molecule has 1 heterocycles. The van der Waals surface area contributed by atoms with Crippen molar-refractivity contribution in [3.05, 3.63) is 23.3 Å². The lowest BCUT2D eigenvalue weighted by Crippen LogP contribution is -2.32. The summed E-state index contributed by atoms with van der Waals surface area (Å²) in [7, 11) is 0. The van der Waals surface area contributed by atoms with E-state index in [9.17, 15) is 15.0 Å². The van der Waals surface area contributed by atoms with Crippen LogP contribution in [0.15, 0.2) is 17.2 Å². The number of phenols is 1. The molecule has 0 radical (unpaired) electrons. The molecule has 1 amide bonds. The zero-order valence-corrected chi connectivity index (χ0v) is 12.4. The molecule has 2 rings (SSSR count). The lowest BCUT2D eigenvalue weighted by Gasteiger charge is -2.21. The van der Waals surface area contributed by atoms with E-state index in [-0.39, 0.29) is 24.2 Å². The zero-order valence-electron chi connectivity index (χ0n) is 12.4. The van der Waals surface area contributed by atoms with Crippen LogP contribution in [0, 0.1) is 12.8 Å². The molecule has 2 unspecified atom stereocenters. The third-order valence-electron chi connectivity index (χ3n) is 3.40. The van der Waals surface area contributed by atoms with Crippen LogP contribution in [0.3, 0.4) is 0 Å². The van der Waals surface area contributed by atoms with Crippen molar-refractivity contribution in [2.45, 2.75) is 33.3 Å². The summed E-state index contributed by atoms with van der Waals surface area (Å²) in [5.74, 6) is 0.415. The lowest BCUT2D eigenvalue weighted by molar-refractivity contribution is -0.121. The number of amides is 1. The predicted octanol–water partition coefficient (Wildman–Crippen LogP) is 1.32. The number of hydrogen-bond acceptors (Lipinski definition) is 5. The largest absolute Gasteiger partial charge is 0.507 e. The Balaban J connectivity index is 2.30. The highest BCUT2D eigenvalue weighted by molar-refractivity contribution is 6.07. The second-order valence-electron chi connectivity index (χ2n) is 5.38. The maximum Gasteiger partial charge on any atom is 0.240 e. The molecule has 6 heteroatoms. The first kappa shape index (κ1) is 15.3. The number of ether oxygens (including phenoxy) is 1. The molecule has 1 aliphatic heterocycles. The van der Waals surface area contributed by atoms with Crippen molar-refractivity contribution < 1.29 is 19.7 Å². The summed E-state index contributed by atoms with van der Waals surface area (Å²) in [4.78, 5) is 11.3. The van der Waals surface area contributed by atoms with Crippen molar-refractivity contribution in [1.82, 2.24) is 5.43 Å². The molecule has 1 aromatic carbocycles. The summed E-state index contributed by atoms with van der Waals surface area (Å²) in [6.07, 6.45) is -0.235. The highest BCUT2D eigenvalue weighted by Gasteiger charge is 2.25. The fraction of sp³-hybridized carbons (Fsp3) is 0.467. The molecule has 0 saturated carbocycles. The van der Waals surface area contributed by atoms with Crippen LogP contribution in [0.4, 0.5) is 0 Å². The van der Waals surface area contributed by atoms with Gasteiger partial charge in [0, 0.05) is 23.5 Å². The van der Waals surface area contributed by atoms with E-state index in [2.05, 4.69) is 10.5 Å². The van der Waals surface area contributed by atoms with Crippen LogP contribution in [-0.4, -0.2) is 34.5 Å². The lowest BCUT2D eigenvalue weighted by atomic mass is 9.92.